The fourth-order valence-electron chi connectivity index (χ4n) is 2.66. The summed E-state index contributed by atoms with van der Waals surface area (Å²) in [5.74, 6) is 0.112. The smallest absolute Gasteiger partial charge is 0.0677 e. The van der Waals surface area contributed by atoms with Crippen LogP contribution in [0.5, 0.6) is 0 Å². The molecule has 1 aromatic carbocycles. The lowest BCUT2D eigenvalue weighted by Crippen LogP contribution is -2.27. The summed E-state index contributed by atoms with van der Waals surface area (Å²) in [7, 11) is 0. The number of anilines is 1. The minimum Gasteiger partial charge on any atom is -0.381 e. The van der Waals surface area contributed by atoms with Gasteiger partial charge in [-0.3, -0.25) is 0 Å². The molecule has 98 valence electrons. The van der Waals surface area contributed by atoms with Crippen LogP contribution in [0.15, 0.2) is 24.3 Å². The third-order valence-corrected chi connectivity index (χ3v) is 3.77. The Morgan fingerprint density at radius 3 is 2.47 bits per heavy atom. The van der Waals surface area contributed by atoms with Gasteiger partial charge in [-0.1, -0.05) is 31.4 Å². The van der Waals surface area contributed by atoms with Crippen molar-refractivity contribution in [2.45, 2.75) is 44.6 Å². The van der Waals surface area contributed by atoms with E-state index in [2.05, 4.69) is 17.5 Å². The molecule has 1 fully saturated rings. The molecule has 2 unspecified atom stereocenters. The monoisotopic (exact) mass is 253 g/mol. The Balaban J connectivity index is 2.02. The first-order valence-electron chi connectivity index (χ1n) is 6.95. The molecule has 3 heteroatoms. The van der Waals surface area contributed by atoms with Gasteiger partial charge in [0.2, 0.25) is 0 Å². The van der Waals surface area contributed by atoms with Crippen molar-refractivity contribution >= 4 is 5.69 Å². The SMILES string of the molecule is N#CCc1ccc(NC2CCCCCC2C#N)cc1. The molecular weight excluding hydrogens is 234 g/mol. The molecule has 1 saturated carbocycles. The minimum absolute atomic E-state index is 0.112. The zero-order chi connectivity index (χ0) is 13.5. The van der Waals surface area contributed by atoms with Crippen LogP contribution in [0.3, 0.4) is 0 Å². The van der Waals surface area contributed by atoms with Gasteiger partial charge in [0.25, 0.3) is 0 Å². The van der Waals surface area contributed by atoms with Crippen LogP contribution < -0.4 is 5.32 Å². The molecule has 0 radical (unpaired) electrons. The summed E-state index contributed by atoms with van der Waals surface area (Å²) in [6.07, 6.45) is 6.11. The van der Waals surface area contributed by atoms with Crippen molar-refractivity contribution in [3.8, 4) is 12.1 Å². The van der Waals surface area contributed by atoms with E-state index in [1.165, 1.54) is 12.8 Å². The van der Waals surface area contributed by atoms with Crippen molar-refractivity contribution in [3.63, 3.8) is 0 Å². The average Bonchev–Trinajstić information content (AvgIpc) is 2.66. The summed E-state index contributed by atoms with van der Waals surface area (Å²) >= 11 is 0. The quantitative estimate of drug-likeness (QED) is 0.837. The second-order valence-electron chi connectivity index (χ2n) is 5.16. The Hall–Kier alpha value is -2.00. The van der Waals surface area contributed by atoms with E-state index in [-0.39, 0.29) is 12.0 Å². The largest absolute Gasteiger partial charge is 0.381 e. The first kappa shape index (κ1) is 13.4. The van der Waals surface area contributed by atoms with Crippen LogP contribution >= 0.6 is 0 Å². The summed E-state index contributed by atoms with van der Waals surface area (Å²) in [4.78, 5) is 0. The van der Waals surface area contributed by atoms with Crippen LogP contribution in [0.2, 0.25) is 0 Å². The molecule has 3 nitrogen and oxygen atoms in total. The van der Waals surface area contributed by atoms with Gasteiger partial charge in [0.1, 0.15) is 0 Å². The number of rotatable bonds is 3. The number of nitrogens with zero attached hydrogens (tertiary/aromatic N) is 2. The Morgan fingerprint density at radius 2 is 1.79 bits per heavy atom. The van der Waals surface area contributed by atoms with E-state index in [1.54, 1.807) is 0 Å². The molecule has 0 amide bonds. The zero-order valence-electron chi connectivity index (χ0n) is 11.1. The summed E-state index contributed by atoms with van der Waals surface area (Å²) in [6, 6.07) is 12.8. The molecular formula is C16H19N3. The van der Waals surface area contributed by atoms with E-state index in [1.807, 2.05) is 24.3 Å². The average molecular weight is 253 g/mol. The maximum absolute atomic E-state index is 9.25. The summed E-state index contributed by atoms with van der Waals surface area (Å²) < 4.78 is 0. The molecule has 2 atom stereocenters. The topological polar surface area (TPSA) is 59.6 Å². The number of nitrogens with one attached hydrogen (secondary N) is 1. The molecule has 2 rings (SSSR count). The van der Waals surface area contributed by atoms with Crippen molar-refractivity contribution in [2.24, 2.45) is 5.92 Å². The fraction of sp³-hybridized carbons (Fsp3) is 0.500. The van der Waals surface area contributed by atoms with Gasteiger partial charge in [0, 0.05) is 11.7 Å². The van der Waals surface area contributed by atoms with E-state index in [4.69, 9.17) is 5.26 Å². The van der Waals surface area contributed by atoms with Gasteiger partial charge >= 0.3 is 0 Å². The second kappa shape index (κ2) is 6.81. The molecule has 0 saturated heterocycles. The highest BCUT2D eigenvalue weighted by Gasteiger charge is 2.23. The van der Waals surface area contributed by atoms with Crippen LogP contribution in [0.4, 0.5) is 5.69 Å². The highest BCUT2D eigenvalue weighted by atomic mass is 14.9. The van der Waals surface area contributed by atoms with Crippen molar-refractivity contribution in [1.82, 2.24) is 0 Å². The van der Waals surface area contributed by atoms with E-state index >= 15 is 0 Å². The summed E-state index contributed by atoms with van der Waals surface area (Å²) in [5.41, 5.74) is 2.08. The maximum Gasteiger partial charge on any atom is 0.0677 e. The lowest BCUT2D eigenvalue weighted by atomic mass is 9.96. The number of hydrogen-bond donors (Lipinski definition) is 1. The summed E-state index contributed by atoms with van der Waals surface area (Å²) in [5, 5.41) is 21.4. The van der Waals surface area contributed by atoms with Crippen molar-refractivity contribution in [2.75, 3.05) is 5.32 Å². The minimum atomic E-state index is 0.112. The van der Waals surface area contributed by atoms with Gasteiger partial charge in [-0.15, -0.1) is 0 Å². The lowest BCUT2D eigenvalue weighted by Gasteiger charge is -2.22. The van der Waals surface area contributed by atoms with E-state index in [9.17, 15) is 5.26 Å². The Morgan fingerprint density at radius 1 is 1.05 bits per heavy atom. The molecule has 0 aliphatic heterocycles. The highest BCUT2D eigenvalue weighted by Crippen LogP contribution is 2.26. The number of hydrogen-bond acceptors (Lipinski definition) is 3. The zero-order valence-corrected chi connectivity index (χ0v) is 11.1. The van der Waals surface area contributed by atoms with Crippen LogP contribution in [0, 0.1) is 28.6 Å². The van der Waals surface area contributed by atoms with Crippen LogP contribution in [0.25, 0.3) is 0 Å². The predicted octanol–water partition coefficient (Wildman–Crippen LogP) is 3.64. The third-order valence-electron chi connectivity index (χ3n) is 3.77. The number of benzene rings is 1. The molecule has 19 heavy (non-hydrogen) atoms. The lowest BCUT2D eigenvalue weighted by molar-refractivity contribution is 0.514. The number of nitriles is 2. The van der Waals surface area contributed by atoms with Gasteiger partial charge in [0.05, 0.1) is 24.5 Å². The Labute approximate surface area is 114 Å². The van der Waals surface area contributed by atoms with Crippen LogP contribution in [-0.4, -0.2) is 6.04 Å². The Bertz CT molecular complexity index is 478. The first-order chi connectivity index (χ1) is 9.33. The van der Waals surface area contributed by atoms with Crippen LogP contribution in [0.1, 0.15) is 37.7 Å². The molecule has 1 aliphatic carbocycles. The molecule has 1 N–H and O–H groups in total. The summed E-state index contributed by atoms with van der Waals surface area (Å²) in [6.45, 7) is 0. The molecule has 0 aromatic heterocycles. The van der Waals surface area contributed by atoms with E-state index < -0.39 is 0 Å². The van der Waals surface area contributed by atoms with Crippen molar-refractivity contribution < 1.29 is 0 Å². The molecule has 1 aromatic rings. The van der Waals surface area contributed by atoms with Crippen molar-refractivity contribution in [1.29, 1.82) is 10.5 Å². The molecule has 0 heterocycles. The normalized spacial score (nSPS) is 22.8. The Kier molecular flexibility index (Phi) is 4.81. The first-order valence-corrected chi connectivity index (χ1v) is 6.95. The van der Waals surface area contributed by atoms with E-state index in [0.29, 0.717) is 6.42 Å². The predicted molar refractivity (Wildman–Crippen MR) is 75.4 cm³/mol. The van der Waals surface area contributed by atoms with Gasteiger partial charge in [0.15, 0.2) is 0 Å². The van der Waals surface area contributed by atoms with Crippen LogP contribution in [-0.2, 0) is 6.42 Å². The third kappa shape index (κ3) is 3.73. The van der Waals surface area contributed by atoms with Gasteiger partial charge in [-0.2, -0.15) is 10.5 Å². The highest BCUT2D eigenvalue weighted by molar-refractivity contribution is 5.46. The molecule has 0 spiro atoms. The van der Waals surface area contributed by atoms with E-state index in [0.717, 1.165) is 30.5 Å². The second-order valence-corrected chi connectivity index (χ2v) is 5.16. The van der Waals surface area contributed by atoms with Crippen molar-refractivity contribution in [3.05, 3.63) is 29.8 Å². The van der Waals surface area contributed by atoms with Gasteiger partial charge in [-0.05, 0) is 30.5 Å². The van der Waals surface area contributed by atoms with Gasteiger partial charge in [-0.25, -0.2) is 0 Å². The fourth-order valence-corrected chi connectivity index (χ4v) is 2.66. The molecule has 1 aliphatic rings. The standard InChI is InChI=1S/C16H19N3/c17-11-10-13-6-8-15(9-7-13)19-16-5-3-1-2-4-14(16)12-18/h6-9,14,16,19H,1-5,10H2. The molecule has 0 bridgehead atoms. The maximum atomic E-state index is 9.25. The van der Waals surface area contributed by atoms with Gasteiger partial charge < -0.3 is 5.32 Å².